The number of hydrogen-bond donors (Lipinski definition) is 4. The van der Waals surface area contributed by atoms with E-state index in [1.54, 1.807) is 12.1 Å². The number of piperidine rings is 1. The van der Waals surface area contributed by atoms with Gasteiger partial charge < -0.3 is 20.9 Å². The number of carbonyl (C=O) groups excluding carboxylic acids is 2. The molecule has 36 heavy (non-hydrogen) atoms. The van der Waals surface area contributed by atoms with E-state index in [4.69, 9.17) is 0 Å². The van der Waals surface area contributed by atoms with Crippen LogP contribution in [0.25, 0.3) is 10.9 Å². The summed E-state index contributed by atoms with van der Waals surface area (Å²) >= 11 is 0. The summed E-state index contributed by atoms with van der Waals surface area (Å²) < 4.78 is 0. The number of aromatic nitrogens is 2. The molecule has 1 aromatic heterocycles. The van der Waals surface area contributed by atoms with Crippen molar-refractivity contribution in [2.24, 2.45) is 0 Å². The Labute approximate surface area is 210 Å². The van der Waals surface area contributed by atoms with Crippen LogP contribution in [0.3, 0.4) is 0 Å². The molecule has 0 bridgehead atoms. The Balaban J connectivity index is 1.33. The zero-order valence-corrected chi connectivity index (χ0v) is 20.2. The summed E-state index contributed by atoms with van der Waals surface area (Å²) in [6.07, 6.45) is 3.35. The number of H-pyrrole nitrogens is 1. The van der Waals surface area contributed by atoms with Gasteiger partial charge in [0.05, 0.1) is 11.6 Å². The number of likely N-dealkylation sites (N-methyl/N-ethyl adjacent to an activating group) is 1. The first-order valence-corrected chi connectivity index (χ1v) is 12.3. The molecule has 5 rings (SSSR count). The van der Waals surface area contributed by atoms with E-state index in [1.165, 1.54) is 6.42 Å². The second-order valence-corrected chi connectivity index (χ2v) is 9.18. The molecule has 0 spiro atoms. The van der Waals surface area contributed by atoms with E-state index in [0.29, 0.717) is 22.5 Å². The van der Waals surface area contributed by atoms with Gasteiger partial charge in [-0.1, -0.05) is 55.0 Å². The van der Waals surface area contributed by atoms with Crippen LogP contribution in [0.2, 0.25) is 0 Å². The molecular weight excluding hydrogens is 452 g/mol. The molecule has 2 atom stereocenters. The van der Waals surface area contributed by atoms with Crippen LogP contribution in [0.15, 0.2) is 78.9 Å². The quantitative estimate of drug-likeness (QED) is 0.305. The predicted molar refractivity (Wildman–Crippen MR) is 142 cm³/mol. The maximum absolute atomic E-state index is 13.1. The van der Waals surface area contributed by atoms with Crippen molar-refractivity contribution < 1.29 is 9.59 Å². The van der Waals surface area contributed by atoms with E-state index < -0.39 is 0 Å². The molecule has 0 unspecified atom stereocenters. The molecule has 3 aromatic carbocycles. The third kappa shape index (κ3) is 5.23. The van der Waals surface area contributed by atoms with Crippen LogP contribution in [-0.2, 0) is 0 Å². The maximum atomic E-state index is 13.1. The summed E-state index contributed by atoms with van der Waals surface area (Å²) in [6, 6.07) is 24.4. The van der Waals surface area contributed by atoms with Crippen molar-refractivity contribution in [2.45, 2.75) is 31.3 Å². The van der Waals surface area contributed by atoms with Crippen molar-refractivity contribution in [3.05, 3.63) is 90.0 Å². The summed E-state index contributed by atoms with van der Waals surface area (Å²) in [4.78, 5) is 28.1. The van der Waals surface area contributed by atoms with Crippen molar-refractivity contribution in [2.75, 3.05) is 24.2 Å². The highest BCUT2D eigenvalue weighted by Crippen LogP contribution is 2.29. The van der Waals surface area contributed by atoms with Gasteiger partial charge in [0.1, 0.15) is 0 Å². The molecule has 0 saturated carbocycles. The van der Waals surface area contributed by atoms with E-state index in [1.807, 2.05) is 54.6 Å². The largest absolute Gasteiger partial charge is 0.329 e. The first-order chi connectivity index (χ1) is 17.6. The second-order valence-electron chi connectivity index (χ2n) is 9.18. The van der Waals surface area contributed by atoms with Crippen LogP contribution in [0.1, 0.15) is 41.2 Å². The monoisotopic (exact) mass is 482 g/mol. The Morgan fingerprint density at radius 3 is 2.47 bits per heavy atom. The fraction of sp³-hybridized carbons (Fsp3) is 0.250. The lowest BCUT2D eigenvalue weighted by Gasteiger charge is -2.38. The highest BCUT2D eigenvalue weighted by atomic mass is 16.2. The number of likely N-dealkylation sites (tertiary alicyclic amines) is 1. The summed E-state index contributed by atoms with van der Waals surface area (Å²) in [5.41, 5.74) is 3.00. The molecular formula is C28H30N6O2. The molecule has 1 aliphatic heterocycles. The van der Waals surface area contributed by atoms with Crippen molar-refractivity contribution in [3.63, 3.8) is 0 Å². The number of amides is 3. The number of urea groups is 1. The fourth-order valence-electron chi connectivity index (χ4n) is 4.85. The number of nitrogens with zero attached hydrogens (tertiary/aromatic N) is 2. The van der Waals surface area contributed by atoms with Crippen LogP contribution < -0.4 is 16.0 Å². The number of benzene rings is 3. The first-order valence-electron chi connectivity index (χ1n) is 12.3. The normalized spacial score (nSPS) is 16.9. The molecule has 1 fully saturated rings. The average Bonchev–Trinajstić information content (AvgIpc) is 3.30. The standard InChI is InChI=1S/C28H30N6O2/c1-34-17-9-8-14-24(34)25(19-10-4-2-5-11-19)30-28(36)29-21-15-16-23-22(18-21)26(33-32-23)31-27(35)20-12-6-3-7-13-20/h2-7,10-13,15-16,18,24-25H,8-9,14,17H2,1H3,(H2,29,30,36)(H2,31,32,33,35)/t24-,25-/m0/s1. The van der Waals surface area contributed by atoms with E-state index in [0.717, 1.165) is 30.5 Å². The van der Waals surface area contributed by atoms with Gasteiger partial charge in [-0.05, 0) is 62.3 Å². The van der Waals surface area contributed by atoms with Crippen LogP contribution in [-0.4, -0.2) is 46.7 Å². The molecule has 1 saturated heterocycles. The molecule has 4 N–H and O–H groups in total. The molecule has 0 radical (unpaired) electrons. The Kier molecular flexibility index (Phi) is 6.95. The minimum absolute atomic E-state index is 0.130. The van der Waals surface area contributed by atoms with Crippen LogP contribution in [0.5, 0.6) is 0 Å². The lowest BCUT2D eigenvalue weighted by atomic mass is 9.91. The maximum Gasteiger partial charge on any atom is 0.319 e. The smallest absolute Gasteiger partial charge is 0.319 e. The Morgan fingerprint density at radius 1 is 0.972 bits per heavy atom. The molecule has 8 nitrogen and oxygen atoms in total. The molecule has 0 aliphatic carbocycles. The van der Waals surface area contributed by atoms with Crippen LogP contribution in [0.4, 0.5) is 16.3 Å². The summed E-state index contributed by atoms with van der Waals surface area (Å²) in [5.74, 6) is 0.163. The van der Waals surface area contributed by atoms with Gasteiger partial charge >= 0.3 is 6.03 Å². The third-order valence-electron chi connectivity index (χ3n) is 6.75. The molecule has 8 heteroatoms. The van der Waals surface area contributed by atoms with Gasteiger partial charge in [0.25, 0.3) is 5.91 Å². The minimum atomic E-state index is -0.277. The molecule has 184 valence electrons. The van der Waals surface area contributed by atoms with Gasteiger partial charge in [-0.15, -0.1) is 0 Å². The van der Waals surface area contributed by atoms with Crippen molar-refractivity contribution in [3.8, 4) is 0 Å². The fourth-order valence-corrected chi connectivity index (χ4v) is 4.85. The summed E-state index contributed by atoms with van der Waals surface area (Å²) in [6.45, 7) is 1.02. The molecule has 3 amide bonds. The number of nitrogens with one attached hydrogen (secondary N) is 4. The first kappa shape index (κ1) is 23.6. The van der Waals surface area contributed by atoms with Crippen molar-refractivity contribution >= 4 is 34.3 Å². The zero-order valence-electron chi connectivity index (χ0n) is 20.2. The van der Waals surface area contributed by atoms with Crippen molar-refractivity contribution in [1.82, 2.24) is 20.4 Å². The lowest BCUT2D eigenvalue weighted by Crippen LogP contribution is -2.47. The number of fused-ring (bicyclic) bond motifs is 1. The van der Waals surface area contributed by atoms with Crippen LogP contribution >= 0.6 is 0 Å². The highest BCUT2D eigenvalue weighted by molar-refractivity contribution is 6.08. The SMILES string of the molecule is CN1CCCC[C@H]1[C@@H](NC(=O)Nc1ccc2[nH]nc(NC(=O)c3ccccc3)c2c1)c1ccccc1. The van der Waals surface area contributed by atoms with E-state index in [9.17, 15) is 9.59 Å². The number of hydrogen-bond acceptors (Lipinski definition) is 4. The van der Waals surface area contributed by atoms with Gasteiger partial charge in [-0.2, -0.15) is 5.10 Å². The minimum Gasteiger partial charge on any atom is -0.329 e. The number of carbonyl (C=O) groups is 2. The lowest BCUT2D eigenvalue weighted by molar-refractivity contribution is 0.102. The number of rotatable bonds is 6. The van der Waals surface area contributed by atoms with Crippen LogP contribution in [0, 0.1) is 0 Å². The van der Waals surface area contributed by atoms with Gasteiger partial charge in [-0.25, -0.2) is 4.79 Å². The van der Waals surface area contributed by atoms with E-state index in [2.05, 4.69) is 50.2 Å². The number of aromatic amines is 1. The average molecular weight is 483 g/mol. The Morgan fingerprint density at radius 2 is 1.72 bits per heavy atom. The summed E-state index contributed by atoms with van der Waals surface area (Å²) in [7, 11) is 2.12. The molecule has 4 aromatic rings. The van der Waals surface area contributed by atoms with E-state index in [-0.39, 0.29) is 24.0 Å². The highest BCUT2D eigenvalue weighted by Gasteiger charge is 2.30. The third-order valence-corrected chi connectivity index (χ3v) is 6.75. The van der Waals surface area contributed by atoms with E-state index >= 15 is 0 Å². The summed E-state index contributed by atoms with van der Waals surface area (Å²) in [5, 5.41) is 16.9. The van der Waals surface area contributed by atoms with Gasteiger partial charge in [-0.3, -0.25) is 9.89 Å². The Hall–Kier alpha value is -4.17. The molecule has 2 heterocycles. The number of anilines is 2. The second kappa shape index (κ2) is 10.6. The molecule has 1 aliphatic rings. The van der Waals surface area contributed by atoms with Crippen molar-refractivity contribution in [1.29, 1.82) is 0 Å². The topological polar surface area (TPSA) is 102 Å². The van der Waals surface area contributed by atoms with Gasteiger partial charge in [0, 0.05) is 22.7 Å². The Bertz CT molecular complexity index is 1340. The zero-order chi connectivity index (χ0) is 24.9. The predicted octanol–water partition coefficient (Wildman–Crippen LogP) is 5.16. The van der Waals surface area contributed by atoms with Gasteiger partial charge in [0.2, 0.25) is 0 Å². The van der Waals surface area contributed by atoms with Gasteiger partial charge in [0.15, 0.2) is 5.82 Å².